The molecule has 20 atom stereocenters. The third-order valence-corrected chi connectivity index (χ3v) is 14.4. The van der Waals surface area contributed by atoms with Crippen LogP contribution in [0.4, 0.5) is 4.79 Å². The zero-order valence-corrected chi connectivity index (χ0v) is 43.2. The third kappa shape index (κ3) is 16.7. The van der Waals surface area contributed by atoms with Crippen molar-refractivity contribution in [3.05, 3.63) is 0 Å². The number of amides is 1. The second-order valence-corrected chi connectivity index (χ2v) is 21.1. The van der Waals surface area contributed by atoms with Crippen molar-refractivity contribution in [2.75, 3.05) is 78.8 Å². The van der Waals surface area contributed by atoms with Gasteiger partial charge in [-0.2, -0.15) is 0 Å². The topological polar surface area (TPSA) is 366 Å². The zero-order valence-electron chi connectivity index (χ0n) is 41.6. The minimum Gasteiger partial charge on any atom is -0.444 e. The van der Waals surface area contributed by atoms with Crippen molar-refractivity contribution >= 4 is 40.8 Å². The van der Waals surface area contributed by atoms with Crippen molar-refractivity contribution in [3.8, 4) is 0 Å². The van der Waals surface area contributed by atoms with Gasteiger partial charge in [0.2, 0.25) is 0 Å². The number of ether oxygens (including phenoxy) is 9. The number of rotatable bonds is 15. The first-order chi connectivity index (χ1) is 34.8. The van der Waals surface area contributed by atoms with Gasteiger partial charge < -0.3 is 120 Å². The Bertz CT molecular complexity index is 1610. The summed E-state index contributed by atoms with van der Waals surface area (Å²) in [6.07, 6.45) is -21.1. The number of carbonyl (C=O) groups is 1. The maximum atomic E-state index is 12.5. The molecule has 73 heavy (non-hydrogen) atoms. The van der Waals surface area contributed by atoms with Gasteiger partial charge in [-0.05, 0) is 70.9 Å². The van der Waals surface area contributed by atoms with E-state index < -0.39 is 147 Å². The first-order valence-electron chi connectivity index (χ1n) is 25.3. The smallest absolute Gasteiger partial charge is 0.407 e. The highest BCUT2D eigenvalue weighted by atomic mass is 32.1. The Kier molecular flexibility index (Phi) is 23.5. The Labute approximate surface area is 435 Å². The lowest BCUT2D eigenvalue weighted by Crippen LogP contribution is -2.64. The Balaban J connectivity index is 1.01. The van der Waals surface area contributed by atoms with Crippen molar-refractivity contribution in [1.29, 1.82) is 0 Å². The predicted octanol–water partition coefficient (Wildman–Crippen LogP) is -5.08. The summed E-state index contributed by atoms with van der Waals surface area (Å²) in [5, 5.41) is 124. The Morgan fingerprint density at radius 1 is 0.521 bits per heavy atom. The SMILES string of the molecule is CC(C)(C)OC(=O)NCCN(CCNC(=S)NCC1OC2OC3C(CO)OC(OCCCCC1C(O)C2O)C(O)C3O)CCNC(=S)NCC1OC2OC3C(CO)OC(OCCCCC1C(O)C2O)C(O)C3O. The summed E-state index contributed by atoms with van der Waals surface area (Å²) in [6.45, 7) is 6.85. The van der Waals surface area contributed by atoms with Gasteiger partial charge in [0.25, 0.3) is 0 Å². The maximum Gasteiger partial charge on any atom is 0.407 e. The van der Waals surface area contributed by atoms with E-state index in [1.165, 1.54) is 0 Å². The van der Waals surface area contributed by atoms with Crippen LogP contribution in [0.3, 0.4) is 0 Å². The molecule has 12 aliphatic heterocycles. The number of aliphatic hydroxyl groups excluding tert-OH is 10. The second-order valence-electron chi connectivity index (χ2n) is 20.3. The molecule has 422 valence electrons. The molecule has 0 aromatic carbocycles. The quantitative estimate of drug-likeness (QED) is 0.0682. The number of aliphatic hydroxyl groups is 10. The number of alkyl carbamates (subject to hydrolysis) is 1. The molecule has 15 N–H and O–H groups in total. The number of thiocarbonyl (C=S) groups is 2. The van der Waals surface area contributed by atoms with Crippen LogP contribution in [0.2, 0.25) is 0 Å². The van der Waals surface area contributed by atoms with Gasteiger partial charge in [0, 0.05) is 77.4 Å². The summed E-state index contributed by atoms with van der Waals surface area (Å²) in [4.78, 5) is 14.5. The van der Waals surface area contributed by atoms with Gasteiger partial charge in [0.1, 0.15) is 66.6 Å². The number of hydrogen-bond acceptors (Lipinski definition) is 23. The van der Waals surface area contributed by atoms with E-state index in [0.717, 1.165) is 0 Å². The summed E-state index contributed by atoms with van der Waals surface area (Å²) in [5.41, 5.74) is -0.691. The van der Waals surface area contributed by atoms with Crippen LogP contribution >= 0.6 is 24.4 Å². The fraction of sp³-hybridized carbons (Fsp3) is 0.933. The normalized spacial score (nSPS) is 39.5. The molecule has 28 heteroatoms. The molecule has 12 saturated heterocycles. The predicted molar refractivity (Wildman–Crippen MR) is 261 cm³/mol. The molecule has 0 radical (unpaired) electrons. The van der Waals surface area contributed by atoms with Crippen LogP contribution in [0.5, 0.6) is 0 Å². The largest absolute Gasteiger partial charge is 0.444 e. The highest BCUT2D eigenvalue weighted by Crippen LogP contribution is 2.36. The van der Waals surface area contributed by atoms with Gasteiger partial charge in [-0.25, -0.2) is 4.79 Å². The number of nitrogens with zero attached hydrogens (tertiary/aromatic N) is 1. The summed E-state index contributed by atoms with van der Waals surface area (Å²) in [5.74, 6) is -1.10. The van der Waals surface area contributed by atoms with Gasteiger partial charge in [-0.1, -0.05) is 12.8 Å². The van der Waals surface area contributed by atoms with E-state index in [0.29, 0.717) is 71.2 Å². The average molecular weight is 1090 g/mol. The fourth-order valence-corrected chi connectivity index (χ4v) is 10.2. The molecule has 12 rings (SSSR count). The van der Waals surface area contributed by atoms with Crippen LogP contribution < -0.4 is 26.6 Å². The monoisotopic (exact) mass is 1090 g/mol. The van der Waals surface area contributed by atoms with Crippen molar-refractivity contribution in [3.63, 3.8) is 0 Å². The van der Waals surface area contributed by atoms with Gasteiger partial charge in [-0.15, -0.1) is 0 Å². The molecule has 0 aromatic rings. The molecule has 0 aliphatic carbocycles. The van der Waals surface area contributed by atoms with Gasteiger partial charge in [-0.3, -0.25) is 4.90 Å². The van der Waals surface area contributed by atoms with Crippen molar-refractivity contribution in [1.82, 2.24) is 31.5 Å². The van der Waals surface area contributed by atoms with Crippen LogP contribution in [0.15, 0.2) is 0 Å². The van der Waals surface area contributed by atoms with E-state index in [1.54, 1.807) is 20.8 Å². The van der Waals surface area contributed by atoms with E-state index in [1.807, 2.05) is 4.90 Å². The Morgan fingerprint density at radius 2 is 0.904 bits per heavy atom. The van der Waals surface area contributed by atoms with Crippen LogP contribution in [-0.4, -0.2) is 267 Å². The number of carbonyl (C=O) groups excluding carboxylic acids is 1. The second kappa shape index (κ2) is 28.5. The molecule has 12 heterocycles. The Morgan fingerprint density at radius 3 is 1.30 bits per heavy atom. The molecular weight excluding hydrogens is 1010 g/mol. The minimum absolute atomic E-state index is 0.0918. The van der Waals surface area contributed by atoms with E-state index >= 15 is 0 Å². The first kappa shape index (κ1) is 60.1. The summed E-state index contributed by atoms with van der Waals surface area (Å²) >= 11 is 11.3. The number of hydrogen-bond donors (Lipinski definition) is 15. The summed E-state index contributed by atoms with van der Waals surface area (Å²) in [6, 6.07) is 0. The maximum absolute atomic E-state index is 12.5. The molecular formula is C45H80N6O20S2. The highest BCUT2D eigenvalue weighted by Gasteiger charge is 2.53. The highest BCUT2D eigenvalue weighted by molar-refractivity contribution is 7.80. The van der Waals surface area contributed by atoms with Gasteiger partial charge in [0.15, 0.2) is 35.4 Å². The molecule has 0 saturated carbocycles. The molecule has 1 amide bonds. The van der Waals surface area contributed by atoms with Crippen LogP contribution in [0.1, 0.15) is 59.3 Å². The van der Waals surface area contributed by atoms with Crippen LogP contribution in [-0.2, 0) is 42.6 Å². The Hall–Kier alpha value is -2.11. The lowest BCUT2D eigenvalue weighted by molar-refractivity contribution is -0.355. The lowest BCUT2D eigenvalue weighted by atomic mass is 9.84. The molecule has 12 fully saturated rings. The molecule has 8 bridgehead atoms. The zero-order chi connectivity index (χ0) is 53.0. The van der Waals surface area contributed by atoms with Crippen molar-refractivity contribution in [2.24, 2.45) is 11.8 Å². The molecule has 0 aromatic heterocycles. The van der Waals surface area contributed by atoms with Crippen LogP contribution in [0.25, 0.3) is 0 Å². The van der Waals surface area contributed by atoms with E-state index in [4.69, 9.17) is 67.1 Å². The van der Waals surface area contributed by atoms with Crippen LogP contribution in [0, 0.1) is 11.8 Å². The summed E-state index contributed by atoms with van der Waals surface area (Å²) in [7, 11) is 0. The summed E-state index contributed by atoms with van der Waals surface area (Å²) < 4.78 is 52.4. The molecule has 0 spiro atoms. The van der Waals surface area contributed by atoms with Crippen molar-refractivity contribution < 1.29 is 98.5 Å². The van der Waals surface area contributed by atoms with E-state index in [9.17, 15) is 55.9 Å². The lowest BCUT2D eigenvalue weighted by Gasteiger charge is -2.47. The van der Waals surface area contributed by atoms with E-state index in [-0.39, 0.29) is 43.1 Å². The molecule has 26 nitrogen and oxygen atoms in total. The van der Waals surface area contributed by atoms with E-state index in [2.05, 4.69) is 26.6 Å². The van der Waals surface area contributed by atoms with Gasteiger partial charge in [0.05, 0.1) is 37.6 Å². The fourth-order valence-electron chi connectivity index (χ4n) is 9.84. The number of nitrogens with one attached hydrogen (secondary N) is 5. The third-order valence-electron chi connectivity index (χ3n) is 13.8. The standard InChI is InChI=1S/C45H80N6O20S2/c1-45(2,3)71-44(62)48-12-15-51(13-10-46-42(72)49-18-24-22-8-4-6-16-63-38-34(60)30(56)36(26(20-52)67-38)69-40(65-24)32(58)28(22)54)14-11-47-43(73)50-19-25-23-9-5-7-17-64-39-35(61)31(57)37(27(21-53)68-39)70-41(66-25)33(59)29(23)55/h22-41,52-61H,4-21H2,1-3H3,(H,48,62)(H2,46,49,72)(H2,47,50,73). The van der Waals surface area contributed by atoms with Gasteiger partial charge >= 0.3 is 6.09 Å². The average Bonchev–Trinajstić information content (AvgIpc) is 3.34. The minimum atomic E-state index is -1.56. The molecule has 12 aliphatic rings. The first-order valence-corrected chi connectivity index (χ1v) is 26.2. The van der Waals surface area contributed by atoms with Crippen molar-refractivity contribution in [2.45, 2.75) is 176 Å². The molecule has 20 unspecified atom stereocenters.